The minimum absolute atomic E-state index is 0.00931. The lowest BCUT2D eigenvalue weighted by Gasteiger charge is -2.22. The maximum absolute atomic E-state index is 14.9. The van der Waals surface area contributed by atoms with Crippen molar-refractivity contribution in [2.45, 2.75) is 154 Å². The first-order chi connectivity index (χ1) is 63.8. The Morgan fingerprint density at radius 2 is 0.735 bits per heavy atom. The zero-order chi connectivity index (χ0) is 104. The highest BCUT2D eigenvalue weighted by Crippen LogP contribution is 2.37. The number of nitrogens with one attached hydrogen (secondary N) is 2. The fourth-order valence-electron chi connectivity index (χ4n) is 11.8. The second-order valence-electron chi connectivity index (χ2n) is 28.2. The highest BCUT2D eigenvalue weighted by Gasteiger charge is 2.33. The standard InChI is InChI=1S/C18H15F3N2O4.C18H17F3N2O2.C12H14FNO.C10H13FN2O2.C10H15FN2.C7H3F2NO4.C7H5F2NO2.5CO2/c1-10(2)22-16-13(6-7-14(15(16)19)26-9-24)23(18(22)25)11-4-3-5-12(8-11)27-17(20)21;1-10(2)22-16-14(8-7-11(3)15(16)19)23(18(22)24)12-5-4-6-13(9-12)25-17(20)21;1-7(2)14-10(15)6-9-5-4-8(3)11(13)12(9)14;1-6(2)12-10-8(13(14)15)5-4-7(3)9(10)11;1-6(2)13-10-8(12)5-4-7(3)9(10)11;8-6-4(10(12)13)1-2-5(7(6)9)14-3-11;1-4-2-3-5(10(11)12)7(9)6(4)8;5*2-1-3/h3-10,17H,1-2H3;4-10,17H,1-3H3;4-5,7H,6H2,1-3H3;4-6,12H,1-3H3;4-6,13H,12H2,1-3H3;1-3H;2-3H,1H3;;;;;. The third kappa shape index (κ3) is 32.6. The molecule has 0 fully saturated rings. The highest BCUT2D eigenvalue weighted by atomic mass is 19.3. The zero-order valence-corrected chi connectivity index (χ0v) is 73.9. The van der Waals surface area contributed by atoms with Crippen molar-refractivity contribution in [2.75, 3.05) is 21.3 Å². The van der Waals surface area contributed by atoms with Crippen LogP contribution >= 0.6 is 0 Å². The maximum atomic E-state index is 14.9. The van der Waals surface area contributed by atoms with E-state index in [9.17, 15) is 111 Å². The molecule has 136 heavy (non-hydrogen) atoms. The Kier molecular flexibility index (Phi) is 48.8. The molecule has 11 aromatic rings. The Morgan fingerprint density at radius 3 is 1.13 bits per heavy atom. The average Bonchev–Trinajstić information content (AvgIpc) is 1.60. The molecule has 0 bridgehead atoms. The van der Waals surface area contributed by atoms with Crippen LogP contribution in [0.4, 0.5) is 96.9 Å². The third-order valence-corrected chi connectivity index (χ3v) is 17.3. The number of hydrogen-bond donors (Lipinski definition) is 3. The summed E-state index contributed by atoms with van der Waals surface area (Å²) in [6.45, 7) is 20.2. The van der Waals surface area contributed by atoms with E-state index in [2.05, 4.69) is 29.6 Å². The molecule has 0 saturated carbocycles. The van der Waals surface area contributed by atoms with Gasteiger partial charge < -0.3 is 40.2 Å². The van der Waals surface area contributed by atoms with E-state index < -0.39 is 103 Å². The molecule has 0 saturated heterocycles. The van der Waals surface area contributed by atoms with Crippen molar-refractivity contribution in [3.63, 3.8) is 0 Å². The smallest absolute Gasteiger partial charge is 0.387 e. The second kappa shape index (κ2) is 56.6. The number of halogens is 13. The summed E-state index contributed by atoms with van der Waals surface area (Å²) < 4.78 is 194. The Bertz CT molecular complexity index is 6280. The molecular weight excluding hydrogens is 1850 g/mol. The number of fused-ring (bicyclic) bond motifs is 3. The predicted octanol–water partition coefficient (Wildman–Crippen LogP) is 16.6. The Morgan fingerprint density at radius 1 is 0.404 bits per heavy atom. The molecule has 36 nitrogen and oxygen atoms in total. The molecule has 0 radical (unpaired) electrons. The Labute approximate surface area is 760 Å². The maximum Gasteiger partial charge on any atom is 0.387 e. The summed E-state index contributed by atoms with van der Waals surface area (Å²) in [6, 6.07) is 29.9. The summed E-state index contributed by atoms with van der Waals surface area (Å²) in [7, 11) is 0. The van der Waals surface area contributed by atoms with Gasteiger partial charge in [0.05, 0.1) is 60.7 Å². The molecular formula is C87H82F13N11O25. The molecule has 2 aromatic heterocycles. The Balaban J connectivity index is 0.000000787. The van der Waals surface area contributed by atoms with Crippen molar-refractivity contribution in [1.29, 1.82) is 0 Å². The first-order valence-electron chi connectivity index (χ1n) is 38.3. The van der Waals surface area contributed by atoms with Gasteiger partial charge in [-0.3, -0.25) is 63.0 Å². The van der Waals surface area contributed by atoms with Crippen molar-refractivity contribution >= 4 is 111 Å². The predicted molar refractivity (Wildman–Crippen MR) is 451 cm³/mol. The lowest BCUT2D eigenvalue weighted by atomic mass is 10.1. The van der Waals surface area contributed by atoms with Crippen LogP contribution in [0.5, 0.6) is 23.0 Å². The number of aryl methyl sites for hydroxylation is 5. The van der Waals surface area contributed by atoms with E-state index in [1.807, 2.05) is 33.8 Å². The molecule has 1 amide bonds. The fraction of sp³-hybridized carbons (Fsp3) is 0.264. The molecule has 0 aliphatic carbocycles. The lowest BCUT2D eigenvalue weighted by Crippen LogP contribution is -2.34. The number of hydrogen-bond acceptors (Lipinski definition) is 28. The molecule has 726 valence electrons. The number of ether oxygens (including phenoxy) is 4. The van der Waals surface area contributed by atoms with Crippen LogP contribution in [0.2, 0.25) is 0 Å². The van der Waals surface area contributed by atoms with Gasteiger partial charge in [0.1, 0.15) is 34.0 Å². The van der Waals surface area contributed by atoms with Crippen molar-refractivity contribution in [1.82, 2.24) is 18.3 Å². The van der Waals surface area contributed by atoms with Crippen LogP contribution in [0, 0.1) is 117 Å². The minimum atomic E-state index is -3.02. The summed E-state index contributed by atoms with van der Waals surface area (Å²) in [4.78, 5) is 169. The second-order valence-corrected chi connectivity index (χ2v) is 28.2. The summed E-state index contributed by atoms with van der Waals surface area (Å²) >= 11 is 0. The molecule has 1 aliphatic rings. The van der Waals surface area contributed by atoms with Crippen molar-refractivity contribution in [3.8, 4) is 34.4 Å². The number of carbonyl (C=O) groups is 3. The summed E-state index contributed by atoms with van der Waals surface area (Å²) in [5.41, 5.74) is 7.99. The molecule has 0 atom stereocenters. The van der Waals surface area contributed by atoms with E-state index in [4.69, 9.17) is 53.7 Å². The number of rotatable bonds is 20. The van der Waals surface area contributed by atoms with E-state index in [1.54, 1.807) is 111 Å². The normalized spacial score (nSPS) is 10.4. The highest BCUT2D eigenvalue weighted by molar-refractivity contribution is 6.02. The molecule has 9 aromatic carbocycles. The quantitative estimate of drug-likeness (QED) is 0.0210. The van der Waals surface area contributed by atoms with E-state index in [1.165, 1.54) is 91.9 Å². The monoisotopic (exact) mass is 1930 g/mol. The number of amides is 1. The molecule has 4 N–H and O–H groups in total. The van der Waals surface area contributed by atoms with E-state index in [0.717, 1.165) is 23.8 Å². The van der Waals surface area contributed by atoms with E-state index in [0.29, 0.717) is 63.0 Å². The number of imidazole rings is 2. The van der Waals surface area contributed by atoms with Crippen LogP contribution in [-0.4, -0.2) is 114 Å². The van der Waals surface area contributed by atoms with Crippen LogP contribution in [0.25, 0.3) is 33.4 Å². The summed E-state index contributed by atoms with van der Waals surface area (Å²) in [5, 5.41) is 36.6. The average molecular weight is 1930 g/mol. The lowest BCUT2D eigenvalue weighted by molar-refractivity contribution is -0.387. The van der Waals surface area contributed by atoms with Gasteiger partial charge in [0.15, 0.2) is 40.6 Å². The first-order valence-corrected chi connectivity index (χ1v) is 38.3. The topological polar surface area (TPSA) is 495 Å². The number of carbonyl (C=O) groups excluding carboxylic acids is 13. The number of benzene rings is 9. The van der Waals surface area contributed by atoms with Crippen LogP contribution in [0.15, 0.2) is 143 Å². The van der Waals surface area contributed by atoms with E-state index in [-0.39, 0.29) is 142 Å². The number of aromatic nitrogens is 4. The SMILES string of the molecule is CC(C)n1c(=O)n(-c2cccc(OC(F)F)c2)c2ccc(OC=O)c(F)c21.Cc1ccc(N)c(NC(C)C)c1F.Cc1ccc([N+](=O)[O-])c(F)c1F.Cc1ccc([N+](=O)[O-])c(NC(C)C)c1F.Cc1ccc2c(c1F)N(C(C)C)C(=O)C2.Cc1ccc2c(c1F)n(C(C)C)c(=O)n2-c1cccc(OC(F)F)c1.O=C=O.O=C=O.O=C=O.O=C=O.O=C=O.O=COc1ccc([N+](=O)[O-])c(F)c1F. The Hall–Kier alpha value is -16.9. The molecule has 0 unspecified atom stereocenters. The summed E-state index contributed by atoms with van der Waals surface area (Å²) in [5.74, 6) is -9.43. The number of alkyl halides is 4. The van der Waals surface area contributed by atoms with Gasteiger partial charge >= 0.3 is 66.7 Å². The molecule has 0 spiro atoms. The molecule has 12 rings (SSSR count). The summed E-state index contributed by atoms with van der Waals surface area (Å²) in [6.07, 6.45) is 1.57. The van der Waals surface area contributed by atoms with Gasteiger partial charge in [-0.1, -0.05) is 36.4 Å². The van der Waals surface area contributed by atoms with Gasteiger partial charge in [0.2, 0.25) is 23.4 Å². The van der Waals surface area contributed by atoms with Crippen LogP contribution in [0.3, 0.4) is 0 Å². The van der Waals surface area contributed by atoms with Gasteiger partial charge in [0, 0.05) is 60.5 Å². The van der Waals surface area contributed by atoms with E-state index >= 15 is 0 Å². The number of anilines is 4. The number of nitrogen functional groups attached to an aromatic ring is 1. The number of nitrogens with two attached hydrogens (primary N) is 1. The van der Waals surface area contributed by atoms with Crippen LogP contribution in [-0.2, 0) is 68.7 Å². The molecule has 3 heterocycles. The van der Waals surface area contributed by atoms with Crippen molar-refractivity contribution < 1.29 is 153 Å². The fourth-order valence-corrected chi connectivity index (χ4v) is 11.8. The zero-order valence-electron chi connectivity index (χ0n) is 73.9. The number of nitro benzene ring substituents is 3. The third-order valence-electron chi connectivity index (χ3n) is 17.3. The van der Waals surface area contributed by atoms with Crippen LogP contribution < -0.4 is 51.6 Å². The van der Waals surface area contributed by atoms with Crippen molar-refractivity contribution in [3.05, 3.63) is 271 Å². The minimum Gasteiger partial charge on any atom is -0.435 e. The largest absolute Gasteiger partial charge is 0.435 e. The van der Waals surface area contributed by atoms with Gasteiger partial charge in [-0.15, -0.1) is 0 Å². The number of nitrogens with zero attached hydrogens (tertiary/aromatic N) is 8. The van der Waals surface area contributed by atoms with Crippen molar-refractivity contribution in [2.24, 2.45) is 0 Å². The molecule has 1 aliphatic heterocycles. The van der Waals surface area contributed by atoms with Gasteiger partial charge in [-0.05, 0) is 204 Å². The van der Waals surface area contributed by atoms with Gasteiger partial charge in [-0.2, -0.15) is 78.7 Å². The number of nitro groups is 3. The van der Waals surface area contributed by atoms with Crippen LogP contribution in [0.1, 0.15) is 115 Å². The van der Waals surface area contributed by atoms with Gasteiger partial charge in [-0.25, -0.2) is 35.9 Å². The first kappa shape index (κ1) is 117. The molecule has 49 heteroatoms. The van der Waals surface area contributed by atoms with Gasteiger partial charge in [0.25, 0.3) is 18.6 Å².